The highest BCUT2D eigenvalue weighted by atomic mass is 79.9. The zero-order valence-electron chi connectivity index (χ0n) is 10.3. The molecule has 1 rings (SSSR count). The third-order valence-corrected chi connectivity index (χ3v) is 3.41. The van der Waals surface area contributed by atoms with Gasteiger partial charge in [-0.2, -0.15) is 0 Å². The summed E-state index contributed by atoms with van der Waals surface area (Å²) in [6.45, 7) is 6.24. The molecule has 0 aliphatic heterocycles. The number of hydrogen-bond donors (Lipinski definition) is 1. The number of nitrogens with two attached hydrogens (primary N) is 1. The van der Waals surface area contributed by atoms with Crippen molar-refractivity contribution in [1.29, 1.82) is 0 Å². The molecule has 1 aromatic carbocycles. The molecule has 4 heteroatoms. The van der Waals surface area contributed by atoms with Crippen LogP contribution in [0.25, 0.3) is 0 Å². The Kier molecular flexibility index (Phi) is 6.09. The Morgan fingerprint density at radius 3 is 2.41 bits per heavy atom. The molecule has 0 amide bonds. The number of nitrogens with zero attached hydrogens (tertiary/aromatic N) is 1. The van der Waals surface area contributed by atoms with E-state index < -0.39 is 0 Å². The summed E-state index contributed by atoms with van der Waals surface area (Å²) in [5, 5.41) is 0. The minimum atomic E-state index is 0.494. The highest BCUT2D eigenvalue weighted by Gasteiger charge is 2.10. The van der Waals surface area contributed by atoms with Gasteiger partial charge in [0, 0.05) is 30.0 Å². The molecule has 17 heavy (non-hydrogen) atoms. The van der Waals surface area contributed by atoms with E-state index in [4.69, 9.17) is 18.0 Å². The summed E-state index contributed by atoms with van der Waals surface area (Å²) in [5.41, 5.74) is 6.86. The second-order valence-corrected chi connectivity index (χ2v) is 5.85. The Morgan fingerprint density at radius 2 is 1.94 bits per heavy atom. The Morgan fingerprint density at radius 1 is 1.35 bits per heavy atom. The van der Waals surface area contributed by atoms with Crippen LogP contribution >= 0.6 is 28.1 Å². The first-order valence-electron chi connectivity index (χ1n) is 5.76. The molecule has 0 saturated heterocycles. The van der Waals surface area contributed by atoms with Crippen molar-refractivity contribution < 1.29 is 0 Å². The average Bonchev–Trinajstić information content (AvgIpc) is 2.26. The van der Waals surface area contributed by atoms with Gasteiger partial charge in [0.15, 0.2) is 0 Å². The topological polar surface area (TPSA) is 29.3 Å². The van der Waals surface area contributed by atoms with Gasteiger partial charge in [0.2, 0.25) is 0 Å². The third kappa shape index (κ3) is 5.61. The van der Waals surface area contributed by atoms with Crippen LogP contribution < -0.4 is 5.73 Å². The fourth-order valence-corrected chi connectivity index (χ4v) is 1.95. The van der Waals surface area contributed by atoms with Crippen LogP contribution in [0.3, 0.4) is 0 Å². The molecule has 0 atom stereocenters. The van der Waals surface area contributed by atoms with Crippen LogP contribution in [0, 0.1) is 0 Å². The van der Waals surface area contributed by atoms with Gasteiger partial charge in [-0.3, -0.25) is 4.90 Å². The quantitative estimate of drug-likeness (QED) is 0.817. The zero-order chi connectivity index (χ0) is 12.8. The molecular formula is C13H19BrN2S. The Labute approximate surface area is 117 Å². The van der Waals surface area contributed by atoms with Crippen molar-refractivity contribution in [2.24, 2.45) is 5.73 Å². The molecule has 0 radical (unpaired) electrons. The van der Waals surface area contributed by atoms with Gasteiger partial charge in [-0.1, -0.05) is 40.3 Å². The first-order valence-corrected chi connectivity index (χ1v) is 6.96. The summed E-state index contributed by atoms with van der Waals surface area (Å²) in [6.07, 6.45) is 0.782. The van der Waals surface area contributed by atoms with E-state index in [0.717, 1.165) is 24.0 Å². The summed E-state index contributed by atoms with van der Waals surface area (Å²) in [5.74, 6) is 0. The van der Waals surface area contributed by atoms with E-state index in [-0.39, 0.29) is 0 Å². The van der Waals surface area contributed by atoms with Crippen molar-refractivity contribution >= 4 is 33.1 Å². The van der Waals surface area contributed by atoms with E-state index in [1.54, 1.807) is 0 Å². The van der Waals surface area contributed by atoms with E-state index >= 15 is 0 Å². The predicted octanol–water partition coefficient (Wildman–Crippen LogP) is 3.34. The maximum Gasteiger partial charge on any atom is 0.0740 e. The fourth-order valence-electron chi connectivity index (χ4n) is 1.60. The Balaban J connectivity index is 2.60. The van der Waals surface area contributed by atoms with Gasteiger partial charge in [-0.15, -0.1) is 0 Å². The number of thiocarbonyl (C=S) groups is 1. The first kappa shape index (κ1) is 14.6. The summed E-state index contributed by atoms with van der Waals surface area (Å²) in [6, 6.07) is 8.91. The lowest BCUT2D eigenvalue weighted by Crippen LogP contribution is -2.33. The van der Waals surface area contributed by atoms with Crippen molar-refractivity contribution in [2.45, 2.75) is 32.9 Å². The van der Waals surface area contributed by atoms with Gasteiger partial charge in [0.1, 0.15) is 0 Å². The van der Waals surface area contributed by atoms with Crippen molar-refractivity contribution in [1.82, 2.24) is 4.90 Å². The molecule has 94 valence electrons. The van der Waals surface area contributed by atoms with Gasteiger partial charge in [-0.05, 0) is 31.5 Å². The summed E-state index contributed by atoms with van der Waals surface area (Å²) in [7, 11) is 0. The minimum Gasteiger partial charge on any atom is -0.393 e. The van der Waals surface area contributed by atoms with Crippen molar-refractivity contribution in [2.75, 3.05) is 6.54 Å². The van der Waals surface area contributed by atoms with E-state index in [2.05, 4.69) is 58.9 Å². The van der Waals surface area contributed by atoms with Crippen LogP contribution in [0.5, 0.6) is 0 Å². The molecule has 0 unspecified atom stereocenters. The molecule has 0 bridgehead atoms. The molecule has 0 aliphatic rings. The highest BCUT2D eigenvalue weighted by molar-refractivity contribution is 9.10. The second-order valence-electron chi connectivity index (χ2n) is 4.41. The monoisotopic (exact) mass is 314 g/mol. The third-order valence-electron chi connectivity index (χ3n) is 2.67. The van der Waals surface area contributed by atoms with E-state index in [1.807, 2.05) is 0 Å². The molecule has 0 aromatic heterocycles. The maximum atomic E-state index is 5.55. The average molecular weight is 315 g/mol. The zero-order valence-corrected chi connectivity index (χ0v) is 12.7. The largest absolute Gasteiger partial charge is 0.393 e. The number of rotatable bonds is 6. The highest BCUT2D eigenvalue weighted by Crippen LogP contribution is 2.13. The van der Waals surface area contributed by atoms with E-state index in [1.165, 1.54) is 5.56 Å². The maximum absolute atomic E-state index is 5.55. The minimum absolute atomic E-state index is 0.494. The van der Waals surface area contributed by atoms with Crippen LogP contribution in [-0.4, -0.2) is 22.5 Å². The summed E-state index contributed by atoms with van der Waals surface area (Å²) < 4.78 is 1.11. The van der Waals surface area contributed by atoms with Crippen molar-refractivity contribution in [3.8, 4) is 0 Å². The number of hydrogen-bond acceptors (Lipinski definition) is 2. The molecule has 0 heterocycles. The standard InChI is InChI=1S/C13H19BrN2S/c1-10(2)16(8-7-13(15)17)9-11-3-5-12(14)6-4-11/h3-6,10H,7-9H2,1-2H3,(H2,15,17). The SMILES string of the molecule is CC(C)N(CCC(N)=S)Cc1ccc(Br)cc1. The molecular weight excluding hydrogens is 296 g/mol. The normalized spacial score (nSPS) is 11.1. The summed E-state index contributed by atoms with van der Waals surface area (Å²) >= 11 is 8.37. The molecule has 0 aliphatic carbocycles. The Hall–Kier alpha value is -0.450. The smallest absolute Gasteiger partial charge is 0.0740 e. The van der Waals surface area contributed by atoms with Crippen molar-refractivity contribution in [3.05, 3.63) is 34.3 Å². The number of halogens is 1. The van der Waals surface area contributed by atoms with Crippen LogP contribution in [0.4, 0.5) is 0 Å². The van der Waals surface area contributed by atoms with Crippen LogP contribution in [-0.2, 0) is 6.54 Å². The molecule has 1 aromatic rings. The molecule has 0 fully saturated rings. The van der Waals surface area contributed by atoms with Gasteiger partial charge in [0.05, 0.1) is 4.99 Å². The Bertz CT molecular complexity index is 362. The van der Waals surface area contributed by atoms with E-state index in [0.29, 0.717) is 11.0 Å². The molecule has 2 N–H and O–H groups in total. The second kappa shape index (κ2) is 7.09. The molecule has 0 spiro atoms. The molecule has 0 saturated carbocycles. The van der Waals surface area contributed by atoms with E-state index in [9.17, 15) is 0 Å². The summed E-state index contributed by atoms with van der Waals surface area (Å²) in [4.78, 5) is 2.97. The van der Waals surface area contributed by atoms with Crippen LogP contribution in [0.15, 0.2) is 28.7 Å². The van der Waals surface area contributed by atoms with Gasteiger partial charge >= 0.3 is 0 Å². The first-order chi connectivity index (χ1) is 7.99. The van der Waals surface area contributed by atoms with Gasteiger partial charge in [-0.25, -0.2) is 0 Å². The lowest BCUT2D eigenvalue weighted by Gasteiger charge is -2.26. The van der Waals surface area contributed by atoms with Crippen LogP contribution in [0.2, 0.25) is 0 Å². The van der Waals surface area contributed by atoms with Crippen LogP contribution in [0.1, 0.15) is 25.8 Å². The van der Waals surface area contributed by atoms with Gasteiger partial charge < -0.3 is 5.73 Å². The lowest BCUT2D eigenvalue weighted by atomic mass is 10.2. The molecule has 2 nitrogen and oxygen atoms in total. The van der Waals surface area contributed by atoms with Gasteiger partial charge in [0.25, 0.3) is 0 Å². The van der Waals surface area contributed by atoms with Crippen molar-refractivity contribution in [3.63, 3.8) is 0 Å². The predicted molar refractivity (Wildman–Crippen MR) is 81.1 cm³/mol. The number of benzene rings is 1. The lowest BCUT2D eigenvalue weighted by molar-refractivity contribution is 0.219. The fraction of sp³-hybridized carbons (Fsp3) is 0.462.